The molecule has 4 heteroatoms. The topological polar surface area (TPSA) is 44.8 Å². The van der Waals surface area contributed by atoms with Crippen molar-refractivity contribution in [3.8, 4) is 5.75 Å². The van der Waals surface area contributed by atoms with Crippen LogP contribution in [0.1, 0.15) is 35.7 Å². The number of allylic oxidation sites excluding steroid dienone is 1. The number of esters is 1. The van der Waals surface area contributed by atoms with E-state index in [1.807, 2.05) is 18.2 Å². The van der Waals surface area contributed by atoms with Gasteiger partial charge in [-0.25, -0.2) is 4.79 Å². The number of hydrogen-bond acceptors (Lipinski definition) is 4. The molecule has 0 atom stereocenters. The van der Waals surface area contributed by atoms with Gasteiger partial charge in [0.2, 0.25) is 0 Å². The fourth-order valence-electron chi connectivity index (χ4n) is 1.94. The van der Waals surface area contributed by atoms with Crippen LogP contribution in [0.15, 0.2) is 24.3 Å². The van der Waals surface area contributed by atoms with E-state index >= 15 is 0 Å². The molecule has 0 saturated carbocycles. The summed E-state index contributed by atoms with van der Waals surface area (Å²) >= 11 is 0. The molecule has 0 spiro atoms. The van der Waals surface area contributed by atoms with E-state index in [0.717, 1.165) is 18.4 Å². The highest BCUT2D eigenvalue weighted by atomic mass is 16.5. The molecule has 0 amide bonds. The van der Waals surface area contributed by atoms with Gasteiger partial charge in [0.1, 0.15) is 23.7 Å². The summed E-state index contributed by atoms with van der Waals surface area (Å²) in [6.45, 7) is 2.98. The molecule has 0 bridgehead atoms. The lowest BCUT2D eigenvalue weighted by Crippen LogP contribution is -2.07. The summed E-state index contributed by atoms with van der Waals surface area (Å²) in [5.74, 6) is 0.851. The number of carbonyl (C=O) groups excluding carboxylic acids is 1. The molecule has 1 aromatic rings. The Morgan fingerprint density at radius 3 is 2.89 bits per heavy atom. The average molecular weight is 262 g/mol. The van der Waals surface area contributed by atoms with Crippen molar-refractivity contribution < 1.29 is 19.0 Å². The molecule has 1 aliphatic rings. The van der Waals surface area contributed by atoms with Crippen molar-refractivity contribution in [2.75, 3.05) is 20.3 Å². The first-order valence-corrected chi connectivity index (χ1v) is 6.45. The summed E-state index contributed by atoms with van der Waals surface area (Å²) in [5.41, 5.74) is 1.33. The van der Waals surface area contributed by atoms with Crippen molar-refractivity contribution >= 4 is 11.7 Å². The lowest BCUT2D eigenvalue weighted by molar-refractivity contribution is 0.0709. The van der Waals surface area contributed by atoms with Crippen molar-refractivity contribution in [3.63, 3.8) is 0 Å². The molecular formula is C15H18O4. The van der Waals surface area contributed by atoms with Gasteiger partial charge in [-0.15, -0.1) is 0 Å². The monoisotopic (exact) mass is 262 g/mol. The van der Waals surface area contributed by atoms with Gasteiger partial charge >= 0.3 is 5.97 Å². The fourth-order valence-corrected chi connectivity index (χ4v) is 1.94. The quantitative estimate of drug-likeness (QED) is 0.584. The number of benzene rings is 1. The van der Waals surface area contributed by atoms with Gasteiger partial charge in [-0.3, -0.25) is 0 Å². The van der Waals surface area contributed by atoms with Crippen molar-refractivity contribution in [2.24, 2.45) is 0 Å². The molecule has 1 heterocycles. The fraction of sp³-hybridized carbons (Fsp3) is 0.400. The van der Waals surface area contributed by atoms with Crippen LogP contribution in [-0.4, -0.2) is 26.3 Å². The lowest BCUT2D eigenvalue weighted by atomic mass is 10.1. The molecule has 2 rings (SSSR count). The molecule has 19 heavy (non-hydrogen) atoms. The van der Waals surface area contributed by atoms with Crippen LogP contribution in [0.4, 0.5) is 0 Å². The average Bonchev–Trinajstić information content (AvgIpc) is 2.74. The van der Waals surface area contributed by atoms with Crippen LogP contribution in [-0.2, 0) is 9.47 Å². The van der Waals surface area contributed by atoms with Gasteiger partial charge in [0.25, 0.3) is 0 Å². The third-order valence-electron chi connectivity index (χ3n) is 2.86. The van der Waals surface area contributed by atoms with Crippen LogP contribution in [0.25, 0.3) is 5.76 Å². The highest BCUT2D eigenvalue weighted by Crippen LogP contribution is 2.36. The molecule has 1 aromatic carbocycles. The Morgan fingerprint density at radius 1 is 1.32 bits per heavy atom. The maximum Gasteiger partial charge on any atom is 0.348 e. The van der Waals surface area contributed by atoms with Crippen LogP contribution in [0.5, 0.6) is 5.75 Å². The molecular weight excluding hydrogens is 244 g/mol. The van der Waals surface area contributed by atoms with Crippen molar-refractivity contribution in [1.82, 2.24) is 0 Å². The minimum absolute atomic E-state index is 0.342. The summed E-state index contributed by atoms with van der Waals surface area (Å²) in [5, 5.41) is 0. The standard InChI is InChI=1S/C15H18O4/c1-3-4-7-12-11-6-5-8-13(18-10-9-17-2)14(11)15(16)19-12/h5-8H,3-4,9-10H2,1-2H3/b12-7-. The Balaban J connectivity index is 2.26. The van der Waals surface area contributed by atoms with Crippen LogP contribution in [0, 0.1) is 0 Å². The number of unbranched alkanes of at least 4 members (excludes halogenated alkanes) is 1. The molecule has 4 nitrogen and oxygen atoms in total. The molecule has 0 saturated heterocycles. The number of rotatable bonds is 6. The highest BCUT2D eigenvalue weighted by Gasteiger charge is 2.29. The first-order chi connectivity index (χ1) is 9.27. The molecule has 0 fully saturated rings. The number of carbonyl (C=O) groups is 1. The Morgan fingerprint density at radius 2 is 2.16 bits per heavy atom. The normalized spacial score (nSPS) is 15.5. The van der Waals surface area contributed by atoms with E-state index in [1.54, 1.807) is 13.2 Å². The summed E-state index contributed by atoms with van der Waals surface area (Å²) in [6.07, 6.45) is 3.85. The molecule has 102 valence electrons. The Hall–Kier alpha value is -1.81. The lowest BCUT2D eigenvalue weighted by Gasteiger charge is -2.07. The predicted molar refractivity (Wildman–Crippen MR) is 72.1 cm³/mol. The summed E-state index contributed by atoms with van der Waals surface area (Å²) in [6, 6.07) is 5.52. The summed E-state index contributed by atoms with van der Waals surface area (Å²) in [7, 11) is 1.61. The van der Waals surface area contributed by atoms with Crippen LogP contribution >= 0.6 is 0 Å². The number of ether oxygens (including phenoxy) is 3. The van der Waals surface area contributed by atoms with Gasteiger partial charge in [0.05, 0.1) is 6.61 Å². The maximum atomic E-state index is 11.9. The molecule has 0 aromatic heterocycles. The second-order valence-electron chi connectivity index (χ2n) is 4.27. The zero-order valence-electron chi connectivity index (χ0n) is 11.3. The van der Waals surface area contributed by atoms with Crippen LogP contribution in [0.2, 0.25) is 0 Å². The largest absolute Gasteiger partial charge is 0.490 e. The highest BCUT2D eigenvalue weighted by molar-refractivity contribution is 6.05. The van der Waals surface area contributed by atoms with Gasteiger partial charge in [-0.2, -0.15) is 0 Å². The molecule has 0 radical (unpaired) electrons. The number of fused-ring (bicyclic) bond motifs is 1. The minimum Gasteiger partial charge on any atom is -0.490 e. The third-order valence-corrected chi connectivity index (χ3v) is 2.86. The van der Waals surface area contributed by atoms with Crippen molar-refractivity contribution in [2.45, 2.75) is 19.8 Å². The molecule has 0 N–H and O–H groups in total. The minimum atomic E-state index is -0.342. The SMILES string of the molecule is CCC/C=C1\OC(=O)c2c(OCCOC)cccc21. The molecule has 1 aliphatic heterocycles. The predicted octanol–water partition coefficient (Wildman–Crippen LogP) is 3.02. The number of cyclic esters (lactones) is 1. The third kappa shape index (κ3) is 2.96. The van der Waals surface area contributed by atoms with Gasteiger partial charge < -0.3 is 14.2 Å². The van der Waals surface area contributed by atoms with E-state index in [-0.39, 0.29) is 5.97 Å². The zero-order valence-corrected chi connectivity index (χ0v) is 11.3. The molecule has 0 unspecified atom stereocenters. The van der Waals surface area contributed by atoms with E-state index in [0.29, 0.717) is 30.3 Å². The molecule has 0 aliphatic carbocycles. The van der Waals surface area contributed by atoms with Crippen molar-refractivity contribution in [1.29, 1.82) is 0 Å². The van der Waals surface area contributed by atoms with Gasteiger partial charge in [-0.1, -0.05) is 25.5 Å². The Bertz CT molecular complexity index is 491. The van der Waals surface area contributed by atoms with E-state index in [9.17, 15) is 4.79 Å². The summed E-state index contributed by atoms with van der Waals surface area (Å²) in [4.78, 5) is 11.9. The summed E-state index contributed by atoms with van der Waals surface area (Å²) < 4.78 is 15.8. The Kier molecular flexibility index (Phi) is 4.58. The van der Waals surface area contributed by atoms with Gasteiger partial charge in [0.15, 0.2) is 0 Å². The maximum absolute atomic E-state index is 11.9. The van der Waals surface area contributed by atoms with Crippen LogP contribution in [0.3, 0.4) is 0 Å². The van der Waals surface area contributed by atoms with Gasteiger partial charge in [-0.05, 0) is 18.6 Å². The van der Waals surface area contributed by atoms with E-state index < -0.39 is 0 Å². The first kappa shape index (κ1) is 13.6. The second-order valence-corrected chi connectivity index (χ2v) is 4.27. The van der Waals surface area contributed by atoms with Crippen molar-refractivity contribution in [3.05, 3.63) is 35.4 Å². The van der Waals surface area contributed by atoms with Crippen LogP contribution < -0.4 is 4.74 Å². The van der Waals surface area contributed by atoms with Gasteiger partial charge in [0, 0.05) is 12.7 Å². The second kappa shape index (κ2) is 6.38. The number of hydrogen-bond donors (Lipinski definition) is 0. The Labute approximate surface area is 113 Å². The van der Waals surface area contributed by atoms with E-state index in [4.69, 9.17) is 14.2 Å². The zero-order chi connectivity index (χ0) is 13.7. The smallest absolute Gasteiger partial charge is 0.348 e. The van der Waals surface area contributed by atoms with E-state index in [2.05, 4.69) is 6.92 Å². The number of methoxy groups -OCH3 is 1. The van der Waals surface area contributed by atoms with E-state index in [1.165, 1.54) is 0 Å². The first-order valence-electron chi connectivity index (χ1n) is 6.45.